The number of carbonyl (C=O) groups is 1. The van der Waals surface area contributed by atoms with Gasteiger partial charge in [-0.05, 0) is 12.0 Å². The monoisotopic (exact) mass is 267 g/mol. The van der Waals surface area contributed by atoms with Gasteiger partial charge in [-0.2, -0.15) is 0 Å². The van der Waals surface area contributed by atoms with Crippen molar-refractivity contribution in [3.63, 3.8) is 0 Å². The van der Waals surface area contributed by atoms with E-state index in [0.29, 0.717) is 6.42 Å². The number of rotatable bonds is 8. The SMILES string of the molecule is COC(O)N[C@H](CC(=O)C=S)Cc1ccccc1. The number of nitrogens with one attached hydrogen (secondary N) is 1. The second-order valence-corrected chi connectivity index (χ2v) is 4.17. The lowest BCUT2D eigenvalue weighted by molar-refractivity contribution is -0.116. The smallest absolute Gasteiger partial charge is 0.213 e. The summed E-state index contributed by atoms with van der Waals surface area (Å²) in [6, 6.07) is 9.51. The van der Waals surface area contributed by atoms with Crippen molar-refractivity contribution in [2.45, 2.75) is 25.3 Å². The number of hydrogen-bond acceptors (Lipinski definition) is 5. The predicted molar refractivity (Wildman–Crippen MR) is 73.4 cm³/mol. The van der Waals surface area contributed by atoms with Gasteiger partial charge in [-0.15, -0.1) is 0 Å². The van der Waals surface area contributed by atoms with Crippen LogP contribution in [0, 0.1) is 0 Å². The van der Waals surface area contributed by atoms with Crippen LogP contribution >= 0.6 is 12.2 Å². The van der Waals surface area contributed by atoms with Gasteiger partial charge in [0.15, 0.2) is 5.78 Å². The molecule has 0 spiro atoms. The maximum atomic E-state index is 11.4. The van der Waals surface area contributed by atoms with E-state index in [0.717, 1.165) is 10.9 Å². The number of methoxy groups -OCH3 is 1. The quantitative estimate of drug-likeness (QED) is 0.545. The number of Topliss-reactive ketones (excluding diaryl/α,β-unsaturated/α-hetero) is 1. The minimum atomic E-state index is -1.09. The molecule has 1 rings (SSSR count). The Morgan fingerprint density at radius 2 is 2.17 bits per heavy atom. The molecule has 4 nitrogen and oxygen atoms in total. The zero-order valence-electron chi connectivity index (χ0n) is 10.2. The molecule has 0 fully saturated rings. The van der Waals surface area contributed by atoms with E-state index in [1.807, 2.05) is 30.3 Å². The summed E-state index contributed by atoms with van der Waals surface area (Å²) in [6.45, 7) is 0. The highest BCUT2D eigenvalue weighted by Crippen LogP contribution is 2.07. The third kappa shape index (κ3) is 5.46. The molecule has 0 aliphatic heterocycles. The molecule has 5 heteroatoms. The molecule has 0 bridgehead atoms. The van der Waals surface area contributed by atoms with Gasteiger partial charge in [0, 0.05) is 24.9 Å². The van der Waals surface area contributed by atoms with Crippen LogP contribution < -0.4 is 5.32 Å². The Bertz CT molecular complexity index is 383. The Morgan fingerprint density at radius 1 is 1.50 bits per heavy atom. The standard InChI is InChI=1S/C13H17NO3S/c1-17-13(16)14-11(8-12(15)9-18)7-10-5-3-2-4-6-10/h2-6,9,11,13-14,16H,7-8H2,1H3/t11-,13?/m0/s1. The first-order valence-corrected chi connectivity index (χ1v) is 6.11. The van der Waals surface area contributed by atoms with Crippen LogP contribution in [0.5, 0.6) is 0 Å². The van der Waals surface area contributed by atoms with E-state index in [-0.39, 0.29) is 18.2 Å². The van der Waals surface area contributed by atoms with Gasteiger partial charge in [-0.25, -0.2) is 0 Å². The van der Waals surface area contributed by atoms with Gasteiger partial charge >= 0.3 is 0 Å². The number of thiocarbonyl (C=S) groups is 1. The van der Waals surface area contributed by atoms with Gasteiger partial charge in [0.25, 0.3) is 0 Å². The predicted octanol–water partition coefficient (Wildman–Crippen LogP) is 1.07. The normalized spacial score (nSPS) is 13.9. The second-order valence-electron chi connectivity index (χ2n) is 3.93. The van der Waals surface area contributed by atoms with Crippen LogP contribution in [0.4, 0.5) is 0 Å². The summed E-state index contributed by atoms with van der Waals surface area (Å²) in [6.07, 6.45) is -0.230. The van der Waals surface area contributed by atoms with Gasteiger partial charge in [-0.3, -0.25) is 10.1 Å². The van der Waals surface area contributed by atoms with E-state index in [1.165, 1.54) is 7.11 Å². The highest BCUT2D eigenvalue weighted by Gasteiger charge is 2.16. The Hall–Kier alpha value is -1.14. The van der Waals surface area contributed by atoms with Crippen molar-refractivity contribution in [2.75, 3.05) is 7.11 Å². The third-order valence-electron chi connectivity index (χ3n) is 2.51. The molecule has 0 aliphatic rings. The Labute approximate surface area is 112 Å². The maximum Gasteiger partial charge on any atom is 0.213 e. The fourth-order valence-electron chi connectivity index (χ4n) is 1.65. The number of aliphatic hydroxyl groups is 1. The molecule has 18 heavy (non-hydrogen) atoms. The van der Waals surface area contributed by atoms with Crippen LogP contribution in [0.25, 0.3) is 0 Å². The minimum Gasteiger partial charge on any atom is -0.356 e. The number of ether oxygens (including phenoxy) is 1. The summed E-state index contributed by atoms with van der Waals surface area (Å²) in [5.41, 5.74) is 1.08. The Balaban J connectivity index is 2.64. The summed E-state index contributed by atoms with van der Waals surface area (Å²) in [4.78, 5) is 11.4. The first-order chi connectivity index (χ1) is 8.65. The first-order valence-electron chi connectivity index (χ1n) is 5.64. The summed E-state index contributed by atoms with van der Waals surface area (Å²) < 4.78 is 4.73. The zero-order chi connectivity index (χ0) is 13.4. The van der Waals surface area contributed by atoms with E-state index in [4.69, 9.17) is 4.74 Å². The summed E-state index contributed by atoms with van der Waals surface area (Å²) in [5.74, 6) is -0.137. The molecule has 0 aliphatic carbocycles. The van der Waals surface area contributed by atoms with E-state index >= 15 is 0 Å². The van der Waals surface area contributed by atoms with Gasteiger partial charge in [0.05, 0.1) is 0 Å². The lowest BCUT2D eigenvalue weighted by Gasteiger charge is -2.20. The molecule has 1 aromatic rings. The molecule has 1 aromatic carbocycles. The van der Waals surface area contributed by atoms with E-state index in [9.17, 15) is 9.90 Å². The number of carbonyl (C=O) groups excluding carboxylic acids is 1. The molecule has 1 unspecified atom stereocenters. The van der Waals surface area contributed by atoms with Crippen molar-refractivity contribution in [2.24, 2.45) is 0 Å². The van der Waals surface area contributed by atoms with E-state index < -0.39 is 6.41 Å². The fraction of sp³-hybridized carbons (Fsp3) is 0.385. The number of benzene rings is 1. The average Bonchev–Trinajstić information content (AvgIpc) is 2.39. The topological polar surface area (TPSA) is 58.6 Å². The van der Waals surface area contributed by atoms with E-state index in [2.05, 4.69) is 17.5 Å². The highest BCUT2D eigenvalue weighted by molar-refractivity contribution is 7.80. The largest absolute Gasteiger partial charge is 0.356 e. The third-order valence-corrected chi connectivity index (χ3v) is 2.77. The van der Waals surface area contributed by atoms with Crippen LogP contribution in [0.1, 0.15) is 12.0 Å². The second kappa shape index (κ2) is 8.05. The molecule has 0 heterocycles. The van der Waals surface area contributed by atoms with Crippen LogP contribution in [0.3, 0.4) is 0 Å². The van der Waals surface area contributed by atoms with Gasteiger partial charge in [-0.1, -0.05) is 42.5 Å². The van der Waals surface area contributed by atoms with Crippen molar-refractivity contribution in [1.82, 2.24) is 5.32 Å². The van der Waals surface area contributed by atoms with Crippen molar-refractivity contribution in [3.8, 4) is 0 Å². The average molecular weight is 267 g/mol. The van der Waals surface area contributed by atoms with Gasteiger partial charge < -0.3 is 9.84 Å². The molecule has 0 aromatic heterocycles. The Morgan fingerprint density at radius 3 is 2.72 bits per heavy atom. The molecule has 0 saturated carbocycles. The van der Waals surface area contributed by atoms with Crippen LogP contribution in [0.2, 0.25) is 0 Å². The minimum absolute atomic E-state index is 0.137. The lowest BCUT2D eigenvalue weighted by atomic mass is 10.0. The van der Waals surface area contributed by atoms with E-state index in [1.54, 1.807) is 0 Å². The molecule has 98 valence electrons. The number of aliphatic hydroxyl groups excluding tert-OH is 1. The summed E-state index contributed by atoms with van der Waals surface area (Å²) in [7, 11) is 1.39. The highest BCUT2D eigenvalue weighted by atomic mass is 32.1. The van der Waals surface area contributed by atoms with Crippen LogP contribution in [-0.2, 0) is 16.0 Å². The molecule has 0 radical (unpaired) electrons. The summed E-state index contributed by atoms with van der Waals surface area (Å²) >= 11 is 4.60. The van der Waals surface area contributed by atoms with Crippen molar-refractivity contribution >= 4 is 23.4 Å². The maximum absolute atomic E-state index is 11.4. The van der Waals surface area contributed by atoms with Crippen LogP contribution in [0.15, 0.2) is 30.3 Å². The summed E-state index contributed by atoms with van der Waals surface area (Å²) in [5, 5.41) is 13.4. The molecular formula is C13H17NO3S. The molecular weight excluding hydrogens is 250 g/mol. The van der Waals surface area contributed by atoms with Gasteiger partial charge in [0.2, 0.25) is 6.41 Å². The van der Waals surface area contributed by atoms with Crippen molar-refractivity contribution in [1.29, 1.82) is 0 Å². The molecule has 0 amide bonds. The Kier molecular flexibility index (Phi) is 6.67. The fourth-order valence-corrected chi connectivity index (χ4v) is 1.75. The zero-order valence-corrected chi connectivity index (χ0v) is 11.0. The van der Waals surface area contributed by atoms with Crippen LogP contribution in [-0.4, -0.2) is 35.8 Å². The number of ketones is 1. The number of hydrogen-bond donors (Lipinski definition) is 2. The lowest BCUT2D eigenvalue weighted by Crippen LogP contribution is -2.42. The molecule has 0 saturated heterocycles. The van der Waals surface area contributed by atoms with Crippen molar-refractivity contribution in [3.05, 3.63) is 35.9 Å². The molecule has 2 N–H and O–H groups in total. The first kappa shape index (κ1) is 14.9. The molecule has 2 atom stereocenters. The van der Waals surface area contributed by atoms with Gasteiger partial charge in [0.1, 0.15) is 0 Å². The van der Waals surface area contributed by atoms with Crippen molar-refractivity contribution < 1.29 is 14.6 Å².